The molecule has 0 unspecified atom stereocenters. The number of rotatable bonds is 13. The number of aliphatic carboxylic acids is 1. The van der Waals surface area contributed by atoms with Gasteiger partial charge in [0.2, 0.25) is 5.91 Å². The van der Waals surface area contributed by atoms with Crippen LogP contribution in [0, 0.1) is 23.7 Å². The molecule has 4 atom stereocenters. The van der Waals surface area contributed by atoms with E-state index >= 15 is 0 Å². The number of likely N-dealkylation sites (tertiary alicyclic amines) is 1. The molecule has 0 bridgehead atoms. The van der Waals surface area contributed by atoms with Gasteiger partial charge in [-0.25, -0.2) is 0 Å². The number of carboxylic acid groups (broad SMARTS) is 1. The van der Waals surface area contributed by atoms with Gasteiger partial charge in [0, 0.05) is 13.0 Å². The average molecular weight is 520 g/mol. The Morgan fingerprint density at radius 2 is 1.61 bits per heavy atom. The molecule has 2 N–H and O–H groups in total. The fourth-order valence-corrected chi connectivity index (χ4v) is 5.37. The minimum absolute atomic E-state index is 0.0666. The van der Waals surface area contributed by atoms with E-state index in [9.17, 15) is 24.6 Å². The van der Waals surface area contributed by atoms with Crippen molar-refractivity contribution in [2.45, 2.75) is 65.3 Å². The second-order valence-electron chi connectivity index (χ2n) is 11.1. The summed E-state index contributed by atoms with van der Waals surface area (Å²) in [5.74, 6) is -1.56. The summed E-state index contributed by atoms with van der Waals surface area (Å²) >= 11 is 0. The maximum atomic E-state index is 13.8. The Bertz CT molecular complexity index is 1090. The summed E-state index contributed by atoms with van der Waals surface area (Å²) in [7, 11) is 0. The molecule has 0 spiro atoms. The number of benzene rings is 2. The predicted octanol–water partition coefficient (Wildman–Crippen LogP) is 5.68. The third kappa shape index (κ3) is 8.57. The minimum Gasteiger partial charge on any atom is -0.508 e. The highest BCUT2D eigenvalue weighted by Gasteiger charge is 2.37. The van der Waals surface area contributed by atoms with Crippen molar-refractivity contribution in [1.29, 1.82) is 0 Å². The Morgan fingerprint density at radius 3 is 2.24 bits per heavy atom. The lowest BCUT2D eigenvalue weighted by Crippen LogP contribution is -2.44. The highest BCUT2D eigenvalue weighted by molar-refractivity contribution is 5.93. The fourth-order valence-electron chi connectivity index (χ4n) is 5.37. The van der Waals surface area contributed by atoms with E-state index in [-0.39, 0.29) is 36.2 Å². The van der Waals surface area contributed by atoms with Gasteiger partial charge in [0.15, 0.2) is 5.78 Å². The van der Waals surface area contributed by atoms with Gasteiger partial charge in [-0.1, -0.05) is 75.4 Å². The van der Waals surface area contributed by atoms with E-state index < -0.39 is 17.9 Å². The molecule has 3 rings (SSSR count). The first-order valence-corrected chi connectivity index (χ1v) is 13.7. The second-order valence-corrected chi connectivity index (χ2v) is 11.1. The number of carboxylic acids is 1. The molecule has 2 aromatic carbocycles. The van der Waals surface area contributed by atoms with Crippen LogP contribution in [-0.4, -0.2) is 45.4 Å². The third-order valence-electron chi connectivity index (χ3n) is 7.25. The molecular formula is C32H41NO5. The van der Waals surface area contributed by atoms with Crippen LogP contribution in [0.5, 0.6) is 5.75 Å². The molecule has 0 saturated carbocycles. The Hall–Kier alpha value is -3.41. The van der Waals surface area contributed by atoms with Crippen LogP contribution in [-0.2, 0) is 27.2 Å². The van der Waals surface area contributed by atoms with Crippen molar-refractivity contribution in [3.63, 3.8) is 0 Å². The van der Waals surface area contributed by atoms with Gasteiger partial charge in [-0.15, -0.1) is 0 Å². The third-order valence-corrected chi connectivity index (χ3v) is 7.25. The monoisotopic (exact) mass is 519 g/mol. The molecule has 6 heteroatoms. The normalized spacial score (nSPS) is 18.0. The van der Waals surface area contributed by atoms with E-state index in [0.29, 0.717) is 31.2 Å². The summed E-state index contributed by atoms with van der Waals surface area (Å²) in [5, 5.41) is 19.3. The number of amides is 1. The highest BCUT2D eigenvalue weighted by Crippen LogP contribution is 2.27. The van der Waals surface area contributed by atoms with Crippen molar-refractivity contribution in [3.05, 3.63) is 77.9 Å². The molecule has 0 aliphatic carbocycles. The fraction of sp³-hybridized carbons (Fsp3) is 0.469. The Labute approximate surface area is 226 Å². The number of nitrogens with zero attached hydrogens (tertiary/aromatic N) is 1. The van der Waals surface area contributed by atoms with Crippen LogP contribution in [0.25, 0.3) is 0 Å². The lowest BCUT2D eigenvalue weighted by atomic mass is 9.90. The Balaban J connectivity index is 1.74. The van der Waals surface area contributed by atoms with Gasteiger partial charge in [-0.3, -0.25) is 14.4 Å². The van der Waals surface area contributed by atoms with Crippen molar-refractivity contribution in [2.24, 2.45) is 23.7 Å². The van der Waals surface area contributed by atoms with Crippen molar-refractivity contribution in [1.82, 2.24) is 4.90 Å². The molecule has 1 fully saturated rings. The smallest absolute Gasteiger partial charge is 0.307 e. The van der Waals surface area contributed by atoms with Gasteiger partial charge in [0.25, 0.3) is 0 Å². The number of ketones is 1. The second kappa shape index (κ2) is 13.9. The zero-order chi connectivity index (χ0) is 27.7. The maximum absolute atomic E-state index is 13.8. The first-order chi connectivity index (χ1) is 18.1. The number of Topliss-reactive ketones (excluding diaryl/α,β-unsaturated/α-hetero) is 1. The SMILES string of the molecule is CC(C)C[C@H](C)/C=C/[C@H](Cc1ccccc1)C(=O)N1CCC[C@H]1C(=O)C[C@@H](Cc1ccc(O)cc1)C(=O)O. The number of allylic oxidation sites excluding steroid dienone is 1. The van der Waals surface area contributed by atoms with E-state index in [1.165, 1.54) is 12.1 Å². The van der Waals surface area contributed by atoms with Gasteiger partial charge in [-0.2, -0.15) is 0 Å². The lowest BCUT2D eigenvalue weighted by Gasteiger charge is -2.28. The van der Waals surface area contributed by atoms with Crippen LogP contribution < -0.4 is 0 Å². The summed E-state index contributed by atoms with van der Waals surface area (Å²) in [5.41, 5.74) is 1.81. The summed E-state index contributed by atoms with van der Waals surface area (Å²) in [6.45, 7) is 7.03. The zero-order valence-corrected chi connectivity index (χ0v) is 22.8. The first-order valence-electron chi connectivity index (χ1n) is 13.7. The Kier molecular flexibility index (Phi) is 10.7. The number of carbonyl (C=O) groups excluding carboxylic acids is 2. The molecule has 0 aromatic heterocycles. The number of carbonyl (C=O) groups is 3. The summed E-state index contributed by atoms with van der Waals surface area (Å²) in [4.78, 5) is 40.9. The molecule has 38 heavy (non-hydrogen) atoms. The minimum atomic E-state index is -1.04. The molecule has 1 amide bonds. The quantitative estimate of drug-likeness (QED) is 0.332. The zero-order valence-electron chi connectivity index (χ0n) is 22.8. The molecule has 0 radical (unpaired) electrons. The average Bonchev–Trinajstić information content (AvgIpc) is 3.37. The van der Waals surface area contributed by atoms with Gasteiger partial charge < -0.3 is 15.1 Å². The highest BCUT2D eigenvalue weighted by atomic mass is 16.4. The van der Waals surface area contributed by atoms with E-state index in [1.54, 1.807) is 17.0 Å². The molecule has 204 valence electrons. The summed E-state index contributed by atoms with van der Waals surface area (Å²) in [6.07, 6.45) is 7.06. The number of hydrogen-bond acceptors (Lipinski definition) is 4. The van der Waals surface area contributed by atoms with Crippen molar-refractivity contribution in [2.75, 3.05) is 6.54 Å². The van der Waals surface area contributed by atoms with Crippen molar-refractivity contribution < 1.29 is 24.6 Å². The topological polar surface area (TPSA) is 94.9 Å². The van der Waals surface area contributed by atoms with Crippen LogP contribution >= 0.6 is 0 Å². The maximum Gasteiger partial charge on any atom is 0.307 e. The Morgan fingerprint density at radius 1 is 0.947 bits per heavy atom. The number of phenolic OH excluding ortho intramolecular Hbond substituents is 1. The standard InChI is InChI=1S/C32H41NO5/c1-22(2)18-23(3)11-14-26(19-24-8-5-4-6-9-24)31(36)33-17-7-10-29(33)30(35)21-27(32(37)38)20-25-12-15-28(34)16-13-25/h4-6,8-9,11-16,22-23,26-27,29,34H,7,10,17-21H2,1-3H3,(H,37,38)/b14-11+/t23-,26-,27-,29+/m1/s1. The summed E-state index contributed by atoms with van der Waals surface area (Å²) < 4.78 is 0. The largest absolute Gasteiger partial charge is 0.508 e. The molecule has 6 nitrogen and oxygen atoms in total. The molecule has 1 aliphatic rings. The number of aromatic hydroxyl groups is 1. The van der Waals surface area contributed by atoms with Crippen LogP contribution in [0.3, 0.4) is 0 Å². The lowest BCUT2D eigenvalue weighted by molar-refractivity contribution is -0.145. The van der Waals surface area contributed by atoms with Crippen molar-refractivity contribution in [3.8, 4) is 5.75 Å². The summed E-state index contributed by atoms with van der Waals surface area (Å²) in [6, 6.07) is 15.7. The molecule has 1 saturated heterocycles. The van der Waals surface area contributed by atoms with Crippen molar-refractivity contribution >= 4 is 17.7 Å². The molecule has 1 aliphatic heterocycles. The first kappa shape index (κ1) is 29.2. The van der Waals surface area contributed by atoms with E-state index in [0.717, 1.165) is 24.0 Å². The van der Waals surface area contributed by atoms with Gasteiger partial charge >= 0.3 is 5.97 Å². The molecule has 1 heterocycles. The molecular weight excluding hydrogens is 478 g/mol. The van der Waals surface area contributed by atoms with Gasteiger partial charge in [-0.05, 0) is 67.2 Å². The number of hydrogen-bond donors (Lipinski definition) is 2. The predicted molar refractivity (Wildman–Crippen MR) is 149 cm³/mol. The van der Waals surface area contributed by atoms with E-state index in [2.05, 4.69) is 26.8 Å². The van der Waals surface area contributed by atoms with Crippen LogP contribution in [0.4, 0.5) is 0 Å². The van der Waals surface area contributed by atoms with Gasteiger partial charge in [0.1, 0.15) is 5.75 Å². The van der Waals surface area contributed by atoms with Crippen LogP contribution in [0.2, 0.25) is 0 Å². The molecule has 2 aromatic rings. The van der Waals surface area contributed by atoms with Crippen LogP contribution in [0.15, 0.2) is 66.7 Å². The van der Waals surface area contributed by atoms with E-state index in [1.807, 2.05) is 36.4 Å². The van der Waals surface area contributed by atoms with E-state index in [4.69, 9.17) is 0 Å². The van der Waals surface area contributed by atoms with Crippen LogP contribution in [0.1, 0.15) is 57.6 Å². The number of phenols is 1. The van der Waals surface area contributed by atoms with Gasteiger partial charge in [0.05, 0.1) is 17.9 Å².